The third kappa shape index (κ3) is 2.63. The van der Waals surface area contributed by atoms with Crippen molar-refractivity contribution in [2.75, 3.05) is 6.54 Å². The lowest BCUT2D eigenvalue weighted by Gasteiger charge is -2.17. The maximum Gasteiger partial charge on any atom is 0.237 e. The van der Waals surface area contributed by atoms with Gasteiger partial charge in [0.1, 0.15) is 0 Å². The van der Waals surface area contributed by atoms with Gasteiger partial charge in [-0.15, -0.1) is 0 Å². The summed E-state index contributed by atoms with van der Waals surface area (Å²) in [6.07, 6.45) is 3.75. The summed E-state index contributed by atoms with van der Waals surface area (Å²) in [5.41, 5.74) is 1.91. The summed E-state index contributed by atoms with van der Waals surface area (Å²) in [6, 6.07) is 5.91. The van der Waals surface area contributed by atoms with Crippen LogP contribution in [0.1, 0.15) is 30.7 Å². The average molecular weight is 259 g/mol. The van der Waals surface area contributed by atoms with E-state index in [1.165, 1.54) is 19.3 Å². The molecule has 4 heteroatoms. The summed E-state index contributed by atoms with van der Waals surface area (Å²) in [4.78, 5) is 16.6. The van der Waals surface area contributed by atoms with Gasteiger partial charge in [-0.25, -0.2) is 0 Å². The Labute approximate surface area is 114 Å². The van der Waals surface area contributed by atoms with Gasteiger partial charge >= 0.3 is 0 Å². The standard InChI is InChI=1S/C15H21N3O/c1-10-4-2-6-12(18-10)9-17-15(19)14-13-7-3-5-11(13)8-16-14/h2,4,6,11,13-14,16H,3,5,7-9H2,1H3,(H,17,19). The first-order chi connectivity index (χ1) is 9.24. The molecule has 1 aliphatic heterocycles. The van der Waals surface area contributed by atoms with E-state index in [9.17, 15) is 4.79 Å². The fraction of sp³-hybridized carbons (Fsp3) is 0.600. The van der Waals surface area contributed by atoms with Crippen LogP contribution in [-0.2, 0) is 11.3 Å². The number of hydrogen-bond acceptors (Lipinski definition) is 3. The van der Waals surface area contributed by atoms with E-state index in [0.29, 0.717) is 18.4 Å². The number of nitrogens with zero attached hydrogens (tertiary/aromatic N) is 1. The lowest BCUT2D eigenvalue weighted by Crippen LogP contribution is -2.43. The number of carbonyl (C=O) groups excluding carboxylic acids is 1. The van der Waals surface area contributed by atoms with E-state index in [-0.39, 0.29) is 11.9 Å². The minimum Gasteiger partial charge on any atom is -0.349 e. The summed E-state index contributed by atoms with van der Waals surface area (Å²) in [6.45, 7) is 3.49. The van der Waals surface area contributed by atoms with Gasteiger partial charge in [0.2, 0.25) is 5.91 Å². The molecule has 1 aliphatic carbocycles. The summed E-state index contributed by atoms with van der Waals surface area (Å²) >= 11 is 0. The highest BCUT2D eigenvalue weighted by Crippen LogP contribution is 2.37. The topological polar surface area (TPSA) is 54.0 Å². The Morgan fingerprint density at radius 1 is 1.47 bits per heavy atom. The molecular weight excluding hydrogens is 238 g/mol. The van der Waals surface area contributed by atoms with Crippen molar-refractivity contribution in [2.24, 2.45) is 11.8 Å². The fourth-order valence-electron chi connectivity index (χ4n) is 3.46. The molecule has 1 saturated heterocycles. The van der Waals surface area contributed by atoms with Gasteiger partial charge < -0.3 is 10.6 Å². The van der Waals surface area contributed by atoms with Gasteiger partial charge in [-0.3, -0.25) is 9.78 Å². The molecule has 2 aliphatic rings. The molecule has 1 saturated carbocycles. The van der Waals surface area contributed by atoms with Crippen LogP contribution in [0.25, 0.3) is 0 Å². The largest absolute Gasteiger partial charge is 0.349 e. The molecule has 2 fully saturated rings. The predicted octanol–water partition coefficient (Wildman–Crippen LogP) is 1.39. The zero-order valence-corrected chi connectivity index (χ0v) is 11.4. The number of fused-ring (bicyclic) bond motifs is 1. The first-order valence-electron chi connectivity index (χ1n) is 7.17. The number of aryl methyl sites for hydroxylation is 1. The van der Waals surface area contributed by atoms with Gasteiger partial charge in [0.05, 0.1) is 18.3 Å². The van der Waals surface area contributed by atoms with Crippen LogP contribution in [0.4, 0.5) is 0 Å². The Balaban J connectivity index is 1.57. The van der Waals surface area contributed by atoms with Crippen molar-refractivity contribution in [1.82, 2.24) is 15.6 Å². The van der Waals surface area contributed by atoms with Crippen molar-refractivity contribution in [1.29, 1.82) is 0 Å². The Hall–Kier alpha value is -1.42. The SMILES string of the molecule is Cc1cccc(CNC(=O)C2NCC3CCCC32)n1. The van der Waals surface area contributed by atoms with E-state index in [2.05, 4.69) is 15.6 Å². The van der Waals surface area contributed by atoms with Crippen LogP contribution in [0.15, 0.2) is 18.2 Å². The monoisotopic (exact) mass is 259 g/mol. The van der Waals surface area contributed by atoms with Gasteiger partial charge in [0.25, 0.3) is 0 Å². The van der Waals surface area contributed by atoms with Crippen molar-refractivity contribution in [2.45, 2.75) is 38.8 Å². The van der Waals surface area contributed by atoms with Crippen molar-refractivity contribution in [3.8, 4) is 0 Å². The summed E-state index contributed by atoms with van der Waals surface area (Å²) in [5, 5.41) is 6.39. The Morgan fingerprint density at radius 2 is 2.37 bits per heavy atom. The van der Waals surface area contributed by atoms with Crippen LogP contribution in [0.3, 0.4) is 0 Å². The molecule has 1 amide bonds. The lowest BCUT2D eigenvalue weighted by atomic mass is 9.93. The number of aromatic nitrogens is 1. The second-order valence-corrected chi connectivity index (χ2v) is 5.73. The zero-order valence-electron chi connectivity index (χ0n) is 11.4. The molecule has 2 N–H and O–H groups in total. The van der Waals surface area contributed by atoms with Crippen molar-refractivity contribution >= 4 is 5.91 Å². The number of hydrogen-bond donors (Lipinski definition) is 2. The Morgan fingerprint density at radius 3 is 3.21 bits per heavy atom. The highest BCUT2D eigenvalue weighted by Gasteiger charge is 2.42. The van der Waals surface area contributed by atoms with Crippen LogP contribution >= 0.6 is 0 Å². The molecule has 0 aromatic carbocycles. The molecule has 102 valence electrons. The molecule has 3 rings (SSSR count). The second kappa shape index (κ2) is 5.29. The van der Waals surface area contributed by atoms with E-state index in [1.54, 1.807) is 0 Å². The molecule has 19 heavy (non-hydrogen) atoms. The molecule has 0 spiro atoms. The minimum absolute atomic E-state index is 0.0114. The highest BCUT2D eigenvalue weighted by molar-refractivity contribution is 5.82. The quantitative estimate of drug-likeness (QED) is 0.862. The first-order valence-corrected chi connectivity index (χ1v) is 7.17. The lowest BCUT2D eigenvalue weighted by molar-refractivity contribution is -0.124. The molecule has 0 radical (unpaired) electrons. The molecule has 3 unspecified atom stereocenters. The van der Waals surface area contributed by atoms with E-state index in [1.807, 2.05) is 25.1 Å². The summed E-state index contributed by atoms with van der Waals surface area (Å²) in [5.74, 6) is 1.40. The fourth-order valence-corrected chi connectivity index (χ4v) is 3.46. The van der Waals surface area contributed by atoms with Gasteiger partial charge in [-0.05, 0) is 50.3 Å². The van der Waals surface area contributed by atoms with Crippen LogP contribution in [-0.4, -0.2) is 23.5 Å². The van der Waals surface area contributed by atoms with Crippen LogP contribution in [0.5, 0.6) is 0 Å². The maximum atomic E-state index is 12.2. The van der Waals surface area contributed by atoms with Crippen molar-refractivity contribution in [3.63, 3.8) is 0 Å². The van der Waals surface area contributed by atoms with Gasteiger partial charge in [0, 0.05) is 5.69 Å². The molecule has 0 bridgehead atoms. The molecule has 2 heterocycles. The number of amides is 1. The minimum atomic E-state index is 0.0114. The van der Waals surface area contributed by atoms with Gasteiger partial charge in [-0.1, -0.05) is 12.5 Å². The first kappa shape index (κ1) is 12.6. The van der Waals surface area contributed by atoms with Crippen LogP contribution in [0, 0.1) is 18.8 Å². The average Bonchev–Trinajstić information content (AvgIpc) is 2.98. The predicted molar refractivity (Wildman–Crippen MR) is 73.4 cm³/mol. The molecule has 1 aromatic rings. The number of pyridine rings is 1. The van der Waals surface area contributed by atoms with E-state index >= 15 is 0 Å². The normalized spacial score (nSPS) is 29.2. The number of nitrogens with one attached hydrogen (secondary N) is 2. The molecular formula is C15H21N3O. The van der Waals surface area contributed by atoms with Crippen molar-refractivity contribution in [3.05, 3.63) is 29.6 Å². The van der Waals surface area contributed by atoms with Crippen LogP contribution < -0.4 is 10.6 Å². The highest BCUT2D eigenvalue weighted by atomic mass is 16.2. The number of rotatable bonds is 3. The van der Waals surface area contributed by atoms with Crippen molar-refractivity contribution < 1.29 is 4.79 Å². The molecule has 3 atom stereocenters. The third-order valence-corrected chi connectivity index (χ3v) is 4.42. The van der Waals surface area contributed by atoms with E-state index in [0.717, 1.165) is 17.9 Å². The maximum absolute atomic E-state index is 12.2. The Bertz CT molecular complexity index is 474. The molecule has 4 nitrogen and oxygen atoms in total. The van der Waals surface area contributed by atoms with E-state index in [4.69, 9.17) is 0 Å². The second-order valence-electron chi connectivity index (χ2n) is 5.73. The number of carbonyl (C=O) groups is 1. The van der Waals surface area contributed by atoms with Gasteiger partial charge in [-0.2, -0.15) is 0 Å². The third-order valence-electron chi connectivity index (χ3n) is 4.42. The Kier molecular flexibility index (Phi) is 3.51. The van der Waals surface area contributed by atoms with Crippen LogP contribution in [0.2, 0.25) is 0 Å². The zero-order chi connectivity index (χ0) is 13.2. The summed E-state index contributed by atoms with van der Waals surface area (Å²) in [7, 11) is 0. The molecule has 1 aromatic heterocycles. The summed E-state index contributed by atoms with van der Waals surface area (Å²) < 4.78 is 0. The van der Waals surface area contributed by atoms with Gasteiger partial charge in [0.15, 0.2) is 0 Å². The van der Waals surface area contributed by atoms with E-state index < -0.39 is 0 Å². The smallest absolute Gasteiger partial charge is 0.237 e.